The van der Waals surface area contributed by atoms with Crippen LogP contribution >= 0.6 is 15.9 Å². The van der Waals surface area contributed by atoms with Gasteiger partial charge in [-0.25, -0.2) is 4.79 Å². The molecule has 0 aliphatic carbocycles. The Morgan fingerprint density at radius 1 is 1.35 bits per heavy atom. The second-order valence-electron chi connectivity index (χ2n) is 4.78. The molecule has 0 unspecified atom stereocenters. The van der Waals surface area contributed by atoms with Crippen molar-refractivity contribution in [2.45, 2.75) is 13.3 Å². The fourth-order valence-corrected chi connectivity index (χ4v) is 2.55. The molecule has 2 aromatic rings. The van der Waals surface area contributed by atoms with Crippen LogP contribution < -0.4 is 15.7 Å². The van der Waals surface area contributed by atoms with Crippen LogP contribution in [0.15, 0.2) is 31.9 Å². The summed E-state index contributed by atoms with van der Waals surface area (Å²) in [6.07, 6.45) is 0.678. The van der Waals surface area contributed by atoms with Crippen molar-refractivity contribution in [3.05, 3.63) is 38.7 Å². The average Bonchev–Trinajstić information content (AvgIpc) is 2.53. The van der Waals surface area contributed by atoms with Gasteiger partial charge in [0.2, 0.25) is 0 Å². The van der Waals surface area contributed by atoms with Crippen molar-refractivity contribution in [1.29, 1.82) is 0 Å². The van der Waals surface area contributed by atoms with Crippen LogP contribution in [0.25, 0.3) is 11.0 Å². The zero-order chi connectivity index (χ0) is 16.8. The highest BCUT2D eigenvalue weighted by atomic mass is 79.9. The molecule has 1 heterocycles. The third-order valence-corrected chi connectivity index (χ3v) is 3.64. The van der Waals surface area contributed by atoms with Gasteiger partial charge in [-0.15, -0.1) is 0 Å². The molecule has 1 aromatic heterocycles. The van der Waals surface area contributed by atoms with Crippen LogP contribution in [0.2, 0.25) is 0 Å². The number of carbonyl (C=O) groups is 1. The zero-order valence-electron chi connectivity index (χ0n) is 13.0. The van der Waals surface area contributed by atoms with Crippen LogP contribution in [0.5, 0.6) is 5.75 Å². The summed E-state index contributed by atoms with van der Waals surface area (Å²) in [5.41, 5.74) is -0.414. The lowest BCUT2D eigenvalue weighted by atomic mass is 10.1. The maximum Gasteiger partial charge on any atom is 0.349 e. The lowest BCUT2D eigenvalue weighted by Gasteiger charge is -2.08. The summed E-state index contributed by atoms with van der Waals surface area (Å²) >= 11 is 3.36. The van der Waals surface area contributed by atoms with Crippen LogP contribution in [-0.4, -0.2) is 32.8 Å². The number of benzene rings is 1. The molecule has 7 heteroatoms. The number of methoxy groups -OCH3 is 1. The van der Waals surface area contributed by atoms with Crippen molar-refractivity contribution >= 4 is 32.8 Å². The normalized spacial score (nSPS) is 10.7. The Labute approximate surface area is 141 Å². The second-order valence-corrected chi connectivity index (χ2v) is 5.70. The van der Waals surface area contributed by atoms with Gasteiger partial charge in [0, 0.05) is 29.6 Å². The Morgan fingerprint density at radius 3 is 2.83 bits per heavy atom. The first-order valence-corrected chi connectivity index (χ1v) is 8.03. The molecule has 6 nitrogen and oxygen atoms in total. The van der Waals surface area contributed by atoms with Gasteiger partial charge in [0.15, 0.2) is 11.3 Å². The van der Waals surface area contributed by atoms with Crippen molar-refractivity contribution in [3.8, 4) is 5.75 Å². The van der Waals surface area contributed by atoms with E-state index in [0.29, 0.717) is 42.9 Å². The smallest absolute Gasteiger partial charge is 0.349 e. The number of halogens is 1. The Kier molecular flexibility index (Phi) is 6.18. The molecule has 0 saturated heterocycles. The summed E-state index contributed by atoms with van der Waals surface area (Å²) in [5.74, 6) is -0.0359. The molecule has 0 aliphatic heterocycles. The van der Waals surface area contributed by atoms with Gasteiger partial charge < -0.3 is 19.2 Å². The van der Waals surface area contributed by atoms with Crippen molar-refractivity contribution in [1.82, 2.24) is 5.32 Å². The molecular formula is C16H18BrNO5. The monoisotopic (exact) mass is 383 g/mol. The number of ether oxygens (including phenoxy) is 2. The van der Waals surface area contributed by atoms with E-state index in [0.717, 1.165) is 4.47 Å². The Bertz CT molecular complexity index is 756. The van der Waals surface area contributed by atoms with Crippen LogP contribution in [0.3, 0.4) is 0 Å². The molecule has 1 N–H and O–H groups in total. The van der Waals surface area contributed by atoms with E-state index in [1.165, 1.54) is 13.2 Å². The largest absolute Gasteiger partial charge is 0.493 e. The molecule has 0 fully saturated rings. The number of carbonyl (C=O) groups excluding carboxylic acids is 1. The number of hydrogen-bond acceptors (Lipinski definition) is 5. The molecule has 0 saturated carbocycles. The van der Waals surface area contributed by atoms with Gasteiger partial charge in [-0.3, -0.25) is 4.79 Å². The Morgan fingerprint density at radius 2 is 2.13 bits per heavy atom. The van der Waals surface area contributed by atoms with E-state index in [4.69, 9.17) is 13.9 Å². The van der Waals surface area contributed by atoms with Crippen LogP contribution in [0, 0.1) is 0 Å². The average molecular weight is 384 g/mol. The molecule has 2 rings (SSSR count). The summed E-state index contributed by atoms with van der Waals surface area (Å²) < 4.78 is 16.4. The summed E-state index contributed by atoms with van der Waals surface area (Å²) in [5, 5.41) is 3.29. The molecule has 0 radical (unpaired) electrons. The minimum absolute atomic E-state index is 0.0333. The zero-order valence-corrected chi connectivity index (χ0v) is 14.6. The number of nitrogens with one attached hydrogen (secondary N) is 1. The minimum atomic E-state index is -0.694. The van der Waals surface area contributed by atoms with Crippen molar-refractivity contribution in [3.63, 3.8) is 0 Å². The quantitative estimate of drug-likeness (QED) is 0.587. The summed E-state index contributed by atoms with van der Waals surface area (Å²) in [4.78, 5) is 24.2. The van der Waals surface area contributed by atoms with E-state index in [1.54, 1.807) is 12.1 Å². The minimum Gasteiger partial charge on any atom is -0.493 e. The molecule has 0 aliphatic rings. The van der Waals surface area contributed by atoms with Gasteiger partial charge in [0.25, 0.3) is 5.91 Å². The molecule has 23 heavy (non-hydrogen) atoms. The lowest BCUT2D eigenvalue weighted by Crippen LogP contribution is -2.29. The number of fused-ring (bicyclic) bond motifs is 1. The van der Waals surface area contributed by atoms with Crippen molar-refractivity contribution in [2.24, 2.45) is 0 Å². The highest BCUT2D eigenvalue weighted by Crippen LogP contribution is 2.29. The lowest BCUT2D eigenvalue weighted by molar-refractivity contribution is 0.0940. The van der Waals surface area contributed by atoms with Gasteiger partial charge in [-0.05, 0) is 31.5 Å². The second kappa shape index (κ2) is 8.12. The number of hydrogen-bond donors (Lipinski definition) is 1. The first kappa shape index (κ1) is 17.5. The topological polar surface area (TPSA) is 77.8 Å². The van der Waals surface area contributed by atoms with Gasteiger partial charge >= 0.3 is 5.63 Å². The number of amides is 1. The van der Waals surface area contributed by atoms with E-state index in [2.05, 4.69) is 21.2 Å². The summed E-state index contributed by atoms with van der Waals surface area (Å²) in [6, 6.07) is 4.96. The molecular weight excluding hydrogens is 366 g/mol. The fourth-order valence-electron chi connectivity index (χ4n) is 2.09. The van der Waals surface area contributed by atoms with E-state index >= 15 is 0 Å². The van der Waals surface area contributed by atoms with E-state index < -0.39 is 11.5 Å². The highest BCUT2D eigenvalue weighted by Gasteiger charge is 2.15. The molecule has 0 atom stereocenters. The summed E-state index contributed by atoms with van der Waals surface area (Å²) in [6.45, 7) is 3.54. The maximum absolute atomic E-state index is 12.1. The van der Waals surface area contributed by atoms with Crippen LogP contribution in [-0.2, 0) is 4.74 Å². The van der Waals surface area contributed by atoms with E-state index in [-0.39, 0.29) is 5.56 Å². The Hall–Kier alpha value is -1.86. The van der Waals surface area contributed by atoms with Crippen molar-refractivity contribution in [2.75, 3.05) is 26.9 Å². The van der Waals surface area contributed by atoms with Crippen LogP contribution in [0.1, 0.15) is 23.7 Å². The van der Waals surface area contributed by atoms with Crippen molar-refractivity contribution < 1.29 is 18.7 Å². The third kappa shape index (κ3) is 4.33. The maximum atomic E-state index is 12.1. The first-order valence-electron chi connectivity index (χ1n) is 7.24. The SMILES string of the molecule is CCOCCCNC(=O)c1cc2cc(Br)cc(OC)c2oc1=O. The standard InChI is InChI=1S/C16H18BrNO5/c1-3-22-6-4-5-18-15(19)12-8-10-7-11(17)9-13(21-2)14(10)23-16(12)20/h7-9H,3-6H2,1-2H3,(H,18,19). The van der Waals surface area contributed by atoms with Gasteiger partial charge in [-0.2, -0.15) is 0 Å². The highest BCUT2D eigenvalue weighted by molar-refractivity contribution is 9.10. The third-order valence-electron chi connectivity index (χ3n) is 3.18. The van der Waals surface area contributed by atoms with Gasteiger partial charge in [0.1, 0.15) is 5.56 Å². The molecule has 0 bridgehead atoms. The summed E-state index contributed by atoms with van der Waals surface area (Å²) in [7, 11) is 1.49. The number of rotatable bonds is 7. The predicted molar refractivity (Wildman–Crippen MR) is 90.2 cm³/mol. The van der Waals surface area contributed by atoms with Gasteiger partial charge in [-0.1, -0.05) is 15.9 Å². The molecule has 1 amide bonds. The van der Waals surface area contributed by atoms with Crippen LogP contribution in [0.4, 0.5) is 0 Å². The van der Waals surface area contributed by atoms with E-state index in [9.17, 15) is 9.59 Å². The Balaban J connectivity index is 2.22. The molecule has 124 valence electrons. The fraction of sp³-hybridized carbons (Fsp3) is 0.375. The predicted octanol–water partition coefficient (Wildman–Crippen LogP) is 2.72. The van der Waals surface area contributed by atoms with E-state index in [1.807, 2.05) is 6.92 Å². The van der Waals surface area contributed by atoms with Gasteiger partial charge in [0.05, 0.1) is 7.11 Å². The molecule has 1 aromatic carbocycles. The molecule has 0 spiro atoms. The first-order chi connectivity index (χ1) is 11.1.